The molecule has 42 heavy (non-hydrogen) atoms. The molecule has 0 saturated heterocycles. The summed E-state index contributed by atoms with van der Waals surface area (Å²) in [5.74, 6) is 0. The summed E-state index contributed by atoms with van der Waals surface area (Å²) in [6, 6.07) is 32.4. The van der Waals surface area contributed by atoms with Gasteiger partial charge < -0.3 is 0 Å². The van der Waals surface area contributed by atoms with Gasteiger partial charge in [0.25, 0.3) is 0 Å². The van der Waals surface area contributed by atoms with Gasteiger partial charge in [-0.1, -0.05) is 0 Å². The summed E-state index contributed by atoms with van der Waals surface area (Å²) in [6.07, 6.45) is 17.8. The molecule has 1 saturated carbocycles. The molecule has 0 radical (unpaired) electrons. The quantitative estimate of drug-likeness (QED) is 0.174. The van der Waals surface area contributed by atoms with Crippen LogP contribution in [0, 0.1) is 0 Å². The summed E-state index contributed by atoms with van der Waals surface area (Å²) in [7, 11) is 0. The van der Waals surface area contributed by atoms with Crippen LogP contribution in [-0.2, 0) is 30.9 Å². The topological polar surface area (TPSA) is 0 Å². The number of fused-ring (bicyclic) bond motifs is 2. The van der Waals surface area contributed by atoms with Crippen LogP contribution in [0.2, 0.25) is 9.36 Å². The molecule has 1 heteroatoms. The molecule has 0 nitrogen and oxygen atoms in total. The third kappa shape index (κ3) is 4.14. The summed E-state index contributed by atoms with van der Waals surface area (Å²) in [6.45, 7) is 4.56. The molecular formula is C41H44Hf. The molecule has 7 rings (SSSR count). The van der Waals surface area contributed by atoms with E-state index in [1.54, 1.807) is 11.1 Å². The SMILES string of the molecule is CCc1ccccc1-c1cccc2c1C=C[CH]2[Hf]([CH3])([CH3])(=[C]1CCCC1)[CH]1C=Cc2c(-c3ccccc3CC)cccc21. The van der Waals surface area contributed by atoms with Gasteiger partial charge in [-0.15, -0.1) is 0 Å². The second-order valence-corrected chi connectivity index (χ2v) is 39.5. The van der Waals surface area contributed by atoms with E-state index in [1.165, 1.54) is 70.2 Å². The van der Waals surface area contributed by atoms with Crippen LogP contribution in [0.4, 0.5) is 0 Å². The van der Waals surface area contributed by atoms with Crippen molar-refractivity contribution in [1.82, 2.24) is 0 Å². The summed E-state index contributed by atoms with van der Waals surface area (Å²) >= 11 is -3.91. The van der Waals surface area contributed by atoms with Gasteiger partial charge in [0.15, 0.2) is 0 Å². The van der Waals surface area contributed by atoms with Crippen LogP contribution in [0.15, 0.2) is 97.1 Å². The third-order valence-electron chi connectivity index (χ3n) is 11.5. The van der Waals surface area contributed by atoms with Gasteiger partial charge in [-0.2, -0.15) is 0 Å². The van der Waals surface area contributed by atoms with Crippen molar-refractivity contribution in [2.75, 3.05) is 0 Å². The Labute approximate surface area is 253 Å². The average molecular weight is 715 g/mol. The van der Waals surface area contributed by atoms with Crippen molar-refractivity contribution in [3.05, 3.63) is 130 Å². The Kier molecular flexibility index (Phi) is 7.09. The fourth-order valence-electron chi connectivity index (χ4n) is 9.10. The molecule has 4 aromatic carbocycles. The van der Waals surface area contributed by atoms with Crippen molar-refractivity contribution in [3.63, 3.8) is 0 Å². The predicted octanol–water partition coefficient (Wildman–Crippen LogP) is 11.5. The van der Waals surface area contributed by atoms with Gasteiger partial charge in [-0.25, -0.2) is 0 Å². The Morgan fingerprint density at radius 3 is 1.43 bits per heavy atom. The summed E-state index contributed by atoms with van der Waals surface area (Å²) < 4.78 is 8.71. The van der Waals surface area contributed by atoms with Crippen molar-refractivity contribution in [2.24, 2.45) is 0 Å². The monoisotopic (exact) mass is 716 g/mol. The Hall–Kier alpha value is -2.90. The minimum absolute atomic E-state index is 0.533. The van der Waals surface area contributed by atoms with Crippen molar-refractivity contribution < 1.29 is 18.0 Å². The molecule has 0 amide bonds. The molecule has 2 atom stereocenters. The molecule has 0 aliphatic heterocycles. The van der Waals surface area contributed by atoms with E-state index in [0.717, 1.165) is 12.8 Å². The maximum atomic E-state index is 2.84. The zero-order chi connectivity index (χ0) is 28.9. The number of hydrogen-bond donors (Lipinski definition) is 0. The first-order valence-corrected chi connectivity index (χ1v) is 29.4. The molecular weight excluding hydrogens is 671 g/mol. The van der Waals surface area contributed by atoms with Crippen molar-refractivity contribution in [1.29, 1.82) is 0 Å². The van der Waals surface area contributed by atoms with E-state index in [0.29, 0.717) is 7.35 Å². The van der Waals surface area contributed by atoms with E-state index < -0.39 is 18.0 Å². The molecule has 0 heterocycles. The normalized spacial score (nSPS) is 19.4. The summed E-state index contributed by atoms with van der Waals surface area (Å²) in [5.41, 5.74) is 14.7. The molecule has 0 aromatic heterocycles. The molecule has 3 aliphatic rings. The van der Waals surface area contributed by atoms with Crippen LogP contribution in [0.1, 0.15) is 80.3 Å². The number of benzene rings is 4. The Morgan fingerprint density at radius 1 is 0.548 bits per heavy atom. The fourth-order valence-corrected chi connectivity index (χ4v) is 34.2. The Balaban J connectivity index is 1.42. The van der Waals surface area contributed by atoms with Crippen LogP contribution >= 0.6 is 0 Å². The van der Waals surface area contributed by atoms with E-state index in [1.807, 2.05) is 3.26 Å². The Bertz CT molecular complexity index is 1690. The molecule has 2 unspecified atom stereocenters. The van der Waals surface area contributed by atoms with Crippen molar-refractivity contribution in [3.8, 4) is 22.3 Å². The molecule has 0 N–H and O–H groups in total. The van der Waals surface area contributed by atoms with Crippen LogP contribution < -0.4 is 0 Å². The number of hydrogen-bond acceptors (Lipinski definition) is 0. The second kappa shape index (κ2) is 10.7. The molecule has 212 valence electrons. The maximum absolute atomic E-state index is 3.91. The number of aryl methyl sites for hydroxylation is 2. The molecule has 4 aromatic rings. The summed E-state index contributed by atoms with van der Waals surface area (Å²) in [4.78, 5) is 0. The van der Waals surface area contributed by atoms with Gasteiger partial charge in [-0.05, 0) is 0 Å². The Morgan fingerprint density at radius 2 is 0.976 bits per heavy atom. The zero-order valence-corrected chi connectivity index (χ0v) is 29.4. The summed E-state index contributed by atoms with van der Waals surface area (Å²) in [5, 5.41) is 0. The number of rotatable bonds is 6. The third-order valence-corrected chi connectivity index (χ3v) is 38.7. The van der Waals surface area contributed by atoms with Gasteiger partial charge in [0.1, 0.15) is 0 Å². The van der Waals surface area contributed by atoms with Gasteiger partial charge in [0, 0.05) is 0 Å². The molecule has 0 spiro atoms. The average Bonchev–Trinajstić information content (AvgIpc) is 3.81. The van der Waals surface area contributed by atoms with E-state index >= 15 is 0 Å². The standard InChI is InChI=1S/2C17H15.C5H8.2CH3.Hf/c2*1-2-13-7-3-4-10-15(13)17-12-6-9-14-8-5-11-16(14)17;1-2-4-5-3-1;;;/h2*3-12H,2H2,1H3;1-4H2;2*1H3;. The van der Waals surface area contributed by atoms with Crippen LogP contribution in [0.3, 0.4) is 0 Å². The van der Waals surface area contributed by atoms with E-state index in [4.69, 9.17) is 0 Å². The number of allylic oxidation sites excluding steroid dienone is 2. The van der Waals surface area contributed by atoms with Crippen LogP contribution in [-0.4, -0.2) is 3.26 Å². The fraction of sp³-hybridized carbons (Fsp3) is 0.293. The molecule has 1 fully saturated rings. The predicted molar refractivity (Wildman–Crippen MR) is 181 cm³/mol. The van der Waals surface area contributed by atoms with Gasteiger partial charge in [-0.3, -0.25) is 0 Å². The van der Waals surface area contributed by atoms with Crippen molar-refractivity contribution in [2.45, 2.75) is 69.1 Å². The first-order valence-electron chi connectivity index (χ1n) is 16.3. The first-order chi connectivity index (χ1) is 20.4. The second-order valence-electron chi connectivity index (χ2n) is 13.7. The van der Waals surface area contributed by atoms with Crippen LogP contribution in [0.25, 0.3) is 34.4 Å². The van der Waals surface area contributed by atoms with Crippen LogP contribution in [0.5, 0.6) is 0 Å². The van der Waals surface area contributed by atoms with Gasteiger partial charge >= 0.3 is 255 Å². The van der Waals surface area contributed by atoms with E-state index in [2.05, 4.69) is 132 Å². The van der Waals surface area contributed by atoms with E-state index in [-0.39, 0.29) is 0 Å². The first kappa shape index (κ1) is 27.9. The van der Waals surface area contributed by atoms with E-state index in [9.17, 15) is 0 Å². The zero-order valence-electron chi connectivity index (χ0n) is 25.8. The van der Waals surface area contributed by atoms with Gasteiger partial charge in [0.05, 0.1) is 0 Å². The molecule has 3 aliphatic carbocycles. The van der Waals surface area contributed by atoms with Gasteiger partial charge in [0.2, 0.25) is 0 Å². The van der Waals surface area contributed by atoms with Crippen molar-refractivity contribution >= 4 is 15.4 Å². The minimum atomic E-state index is -3.91. The molecule has 0 bridgehead atoms.